The molecule has 154 valence electrons. The van der Waals surface area contributed by atoms with Gasteiger partial charge < -0.3 is 14.6 Å². The van der Waals surface area contributed by atoms with Crippen LogP contribution in [0.1, 0.15) is 18.1 Å². The van der Waals surface area contributed by atoms with Crippen LogP contribution in [0.2, 0.25) is 0 Å². The number of rotatable bonds is 6. The molecule has 1 N–H and O–H groups in total. The summed E-state index contributed by atoms with van der Waals surface area (Å²) in [6.07, 6.45) is 2.15. The smallest absolute Gasteiger partial charge is 0.335 e. The lowest BCUT2D eigenvalue weighted by Crippen LogP contribution is -2.54. The van der Waals surface area contributed by atoms with Crippen molar-refractivity contribution in [1.29, 1.82) is 0 Å². The first-order chi connectivity index (χ1) is 14.3. The summed E-state index contributed by atoms with van der Waals surface area (Å²) in [4.78, 5) is 48.9. The monoisotopic (exact) mass is 471 g/mol. The van der Waals surface area contributed by atoms with E-state index in [-0.39, 0.29) is 11.3 Å². The number of carbonyl (C=O) groups excluding carboxylic acids is 4. The Labute approximate surface area is 180 Å². The Bertz CT molecular complexity index is 1060. The Hall–Kier alpha value is -3.46. The molecule has 30 heavy (non-hydrogen) atoms. The molecule has 0 saturated carbocycles. The topological polar surface area (TPSA) is 116 Å². The van der Waals surface area contributed by atoms with Crippen LogP contribution in [0.15, 0.2) is 52.5 Å². The van der Waals surface area contributed by atoms with Gasteiger partial charge in [-0.15, -0.1) is 0 Å². The minimum absolute atomic E-state index is 0.218. The number of aryl methyl sites for hydroxylation is 1. The number of anilines is 1. The maximum absolute atomic E-state index is 12.9. The molecule has 0 aliphatic carbocycles. The molecule has 1 aliphatic heterocycles. The first-order valence-electron chi connectivity index (χ1n) is 8.92. The van der Waals surface area contributed by atoms with E-state index < -0.39 is 30.4 Å². The maximum atomic E-state index is 12.9. The average Bonchev–Trinajstić information content (AvgIpc) is 2.70. The quantitative estimate of drug-likeness (QED) is 0.507. The van der Waals surface area contributed by atoms with Crippen molar-refractivity contribution in [3.05, 3.63) is 63.6 Å². The van der Waals surface area contributed by atoms with Gasteiger partial charge in [-0.05, 0) is 63.8 Å². The molecule has 2 aromatic rings. The zero-order valence-electron chi connectivity index (χ0n) is 15.8. The van der Waals surface area contributed by atoms with Crippen LogP contribution in [0.3, 0.4) is 0 Å². The lowest BCUT2D eigenvalue weighted by Gasteiger charge is -2.26. The minimum atomic E-state index is -1.37. The fraction of sp³-hybridized carbons (Fsp3) is 0.143. The number of aliphatic carboxylic acids is 1. The van der Waals surface area contributed by atoms with Gasteiger partial charge in [-0.1, -0.05) is 25.1 Å². The fourth-order valence-corrected chi connectivity index (χ4v) is 3.31. The predicted molar refractivity (Wildman–Crippen MR) is 109 cm³/mol. The number of hydrogen-bond acceptors (Lipinski definition) is 6. The third-order valence-electron chi connectivity index (χ3n) is 4.32. The number of halogens is 1. The van der Waals surface area contributed by atoms with Gasteiger partial charge in [0.1, 0.15) is 17.9 Å². The summed E-state index contributed by atoms with van der Waals surface area (Å²) in [6, 6.07) is 10.6. The van der Waals surface area contributed by atoms with Crippen LogP contribution in [0.25, 0.3) is 6.08 Å². The van der Waals surface area contributed by atoms with Crippen molar-refractivity contribution in [2.45, 2.75) is 13.3 Å². The summed E-state index contributed by atoms with van der Waals surface area (Å²) >= 11 is 3.25. The van der Waals surface area contributed by atoms with Crippen LogP contribution < -0.4 is 20.1 Å². The number of nitrogens with one attached hydrogen (secondary N) is 1. The van der Waals surface area contributed by atoms with Crippen molar-refractivity contribution in [1.82, 2.24) is 5.32 Å². The Morgan fingerprint density at radius 2 is 1.87 bits per heavy atom. The number of carboxylic acids is 1. The Morgan fingerprint density at radius 3 is 2.47 bits per heavy atom. The molecule has 4 amide bonds. The number of amides is 4. The van der Waals surface area contributed by atoms with Gasteiger partial charge in [0.2, 0.25) is 0 Å². The third-order valence-corrected chi connectivity index (χ3v) is 4.94. The van der Waals surface area contributed by atoms with Crippen molar-refractivity contribution in [3.63, 3.8) is 0 Å². The second kappa shape index (κ2) is 8.91. The van der Waals surface area contributed by atoms with Crippen molar-refractivity contribution in [2.24, 2.45) is 0 Å². The maximum Gasteiger partial charge on any atom is 0.335 e. The highest BCUT2D eigenvalue weighted by Gasteiger charge is 2.36. The van der Waals surface area contributed by atoms with Gasteiger partial charge in [-0.25, -0.2) is 9.69 Å². The Morgan fingerprint density at radius 1 is 1.17 bits per heavy atom. The van der Waals surface area contributed by atoms with Crippen LogP contribution in [0, 0.1) is 0 Å². The molecule has 1 aliphatic rings. The van der Waals surface area contributed by atoms with Crippen LogP contribution in [0.5, 0.6) is 5.75 Å². The number of benzene rings is 2. The second-order valence-electron chi connectivity index (χ2n) is 6.33. The van der Waals surface area contributed by atoms with Crippen LogP contribution >= 0.6 is 15.9 Å². The average molecular weight is 472 g/mol. The van der Waals surface area contributed by atoms with E-state index in [0.29, 0.717) is 15.7 Å². The zero-order chi connectivity index (χ0) is 21.8. The molecule has 1 fully saturated rings. The fourth-order valence-electron chi connectivity index (χ4n) is 2.80. The molecule has 0 aromatic heterocycles. The molecule has 0 atom stereocenters. The molecule has 3 rings (SSSR count). The van der Waals surface area contributed by atoms with Crippen LogP contribution in [-0.2, 0) is 20.8 Å². The van der Waals surface area contributed by atoms with E-state index in [9.17, 15) is 24.3 Å². The predicted octanol–water partition coefficient (Wildman–Crippen LogP) is 1.81. The number of ether oxygens (including phenoxy) is 1. The molecular formula is C21H16BrN2O6-. The van der Waals surface area contributed by atoms with Crippen molar-refractivity contribution < 1.29 is 29.0 Å². The molecule has 0 radical (unpaired) electrons. The van der Waals surface area contributed by atoms with Gasteiger partial charge in [0, 0.05) is 0 Å². The van der Waals surface area contributed by atoms with Gasteiger partial charge in [0.15, 0.2) is 0 Å². The zero-order valence-corrected chi connectivity index (χ0v) is 17.4. The number of carboxylic acid groups (broad SMARTS) is 1. The van der Waals surface area contributed by atoms with Gasteiger partial charge in [-0.3, -0.25) is 14.9 Å². The highest BCUT2D eigenvalue weighted by molar-refractivity contribution is 9.10. The van der Waals surface area contributed by atoms with E-state index >= 15 is 0 Å². The van der Waals surface area contributed by atoms with Gasteiger partial charge in [0.25, 0.3) is 11.8 Å². The SMILES string of the molecule is CCc1ccc(N2C(=O)NC(=O)/C(=C\c3ccc(OCC(=O)[O-])c(Br)c3)C2=O)cc1. The molecule has 1 heterocycles. The summed E-state index contributed by atoms with van der Waals surface area (Å²) in [6.45, 7) is 1.37. The third kappa shape index (κ3) is 4.57. The number of nitrogens with zero attached hydrogens (tertiary/aromatic N) is 1. The number of hydrogen-bond donors (Lipinski definition) is 1. The van der Waals surface area contributed by atoms with E-state index in [4.69, 9.17) is 4.74 Å². The first-order valence-corrected chi connectivity index (χ1v) is 9.72. The number of imide groups is 2. The highest BCUT2D eigenvalue weighted by atomic mass is 79.9. The van der Waals surface area contributed by atoms with Crippen molar-refractivity contribution in [2.75, 3.05) is 11.5 Å². The minimum Gasteiger partial charge on any atom is -0.546 e. The van der Waals surface area contributed by atoms with Gasteiger partial charge >= 0.3 is 6.03 Å². The largest absolute Gasteiger partial charge is 0.546 e. The standard InChI is InChI=1S/C21H17BrN2O6/c1-2-12-3-6-14(7-4-12)24-20(28)15(19(27)23-21(24)29)9-13-5-8-17(16(22)10-13)30-11-18(25)26/h3-10H,2,11H2,1H3,(H,25,26)(H,23,27,29)/p-1/b15-9+. The van der Waals surface area contributed by atoms with Crippen molar-refractivity contribution >= 4 is 51.5 Å². The van der Waals surface area contributed by atoms with Crippen LogP contribution in [-0.4, -0.2) is 30.4 Å². The molecule has 0 spiro atoms. The summed E-state index contributed by atoms with van der Waals surface area (Å²) in [7, 11) is 0. The van der Waals surface area contributed by atoms with Gasteiger partial charge in [0.05, 0.1) is 16.1 Å². The summed E-state index contributed by atoms with van der Waals surface area (Å²) in [5.41, 5.74) is 1.64. The first kappa shape index (κ1) is 21.3. The Kier molecular flexibility index (Phi) is 6.31. The van der Waals surface area contributed by atoms with Gasteiger partial charge in [-0.2, -0.15) is 0 Å². The van der Waals surface area contributed by atoms with E-state index in [0.717, 1.165) is 16.9 Å². The van der Waals surface area contributed by atoms with E-state index in [1.807, 2.05) is 6.92 Å². The molecule has 9 heteroatoms. The molecule has 0 unspecified atom stereocenters. The number of barbiturate groups is 1. The van der Waals surface area contributed by atoms with Crippen LogP contribution in [0.4, 0.5) is 10.5 Å². The molecule has 2 aromatic carbocycles. The van der Waals surface area contributed by atoms with Crippen molar-refractivity contribution in [3.8, 4) is 5.75 Å². The second-order valence-corrected chi connectivity index (χ2v) is 7.18. The lowest BCUT2D eigenvalue weighted by atomic mass is 10.1. The molecular weight excluding hydrogens is 456 g/mol. The van der Waals surface area contributed by atoms with E-state index in [1.54, 1.807) is 36.4 Å². The number of urea groups is 1. The van der Waals surface area contributed by atoms with E-state index in [1.165, 1.54) is 12.1 Å². The van der Waals surface area contributed by atoms with E-state index in [2.05, 4.69) is 21.2 Å². The highest BCUT2D eigenvalue weighted by Crippen LogP contribution is 2.28. The lowest BCUT2D eigenvalue weighted by molar-refractivity contribution is -0.307. The molecule has 0 bridgehead atoms. The number of carbonyl (C=O) groups is 4. The Balaban J connectivity index is 1.90. The molecule has 1 saturated heterocycles. The summed E-state index contributed by atoms with van der Waals surface area (Å²) < 4.78 is 5.49. The normalized spacial score (nSPS) is 15.3. The summed E-state index contributed by atoms with van der Waals surface area (Å²) in [5.74, 6) is -2.66. The molecule has 8 nitrogen and oxygen atoms in total. The summed E-state index contributed by atoms with van der Waals surface area (Å²) in [5, 5.41) is 12.7.